The zero-order chi connectivity index (χ0) is 14.8. The number of hydrogen-bond acceptors (Lipinski definition) is 4. The SMILES string of the molecule is O=C(O)c1cc(NCc2cncs2)ccc1C(F)(F)F. The number of carbonyl (C=O) groups is 1. The molecule has 0 aliphatic rings. The van der Waals surface area contributed by atoms with Crippen molar-refractivity contribution in [3.05, 3.63) is 45.9 Å². The second-order valence-corrected chi connectivity index (χ2v) is 4.86. The van der Waals surface area contributed by atoms with Crippen molar-refractivity contribution in [2.45, 2.75) is 12.7 Å². The summed E-state index contributed by atoms with van der Waals surface area (Å²) in [4.78, 5) is 15.7. The van der Waals surface area contributed by atoms with Crippen LogP contribution in [0.4, 0.5) is 18.9 Å². The van der Waals surface area contributed by atoms with E-state index in [1.165, 1.54) is 17.4 Å². The van der Waals surface area contributed by atoms with Gasteiger partial charge in [0.15, 0.2) is 0 Å². The minimum atomic E-state index is -4.69. The number of nitrogens with one attached hydrogen (secondary N) is 1. The second kappa shape index (κ2) is 5.49. The van der Waals surface area contributed by atoms with E-state index in [0.29, 0.717) is 12.2 Å². The molecule has 4 nitrogen and oxygen atoms in total. The van der Waals surface area contributed by atoms with E-state index in [0.717, 1.165) is 17.0 Å². The highest BCUT2D eigenvalue weighted by Gasteiger charge is 2.35. The van der Waals surface area contributed by atoms with Gasteiger partial charge in [-0.2, -0.15) is 13.2 Å². The Balaban J connectivity index is 2.24. The van der Waals surface area contributed by atoms with E-state index < -0.39 is 23.3 Å². The molecule has 0 amide bonds. The van der Waals surface area contributed by atoms with Gasteiger partial charge in [-0.1, -0.05) is 0 Å². The van der Waals surface area contributed by atoms with Gasteiger partial charge < -0.3 is 10.4 Å². The monoisotopic (exact) mass is 302 g/mol. The van der Waals surface area contributed by atoms with Crippen LogP contribution in [0.15, 0.2) is 29.9 Å². The lowest BCUT2D eigenvalue weighted by Crippen LogP contribution is -2.13. The van der Waals surface area contributed by atoms with Crippen molar-refractivity contribution in [1.29, 1.82) is 0 Å². The van der Waals surface area contributed by atoms with E-state index in [9.17, 15) is 18.0 Å². The zero-order valence-corrected chi connectivity index (χ0v) is 10.8. The van der Waals surface area contributed by atoms with Crippen LogP contribution in [-0.2, 0) is 12.7 Å². The molecule has 106 valence electrons. The molecule has 0 aliphatic heterocycles. The van der Waals surface area contributed by atoms with Crippen molar-refractivity contribution in [2.75, 3.05) is 5.32 Å². The summed E-state index contributed by atoms with van der Waals surface area (Å²) in [6, 6.07) is 2.95. The standard InChI is InChI=1S/C12H9F3N2O2S/c13-12(14,15)10-2-1-7(3-9(10)11(18)19)17-5-8-4-16-6-20-8/h1-4,6,17H,5H2,(H,18,19). The third-order valence-electron chi connectivity index (χ3n) is 2.51. The lowest BCUT2D eigenvalue weighted by molar-refractivity contribution is -0.138. The van der Waals surface area contributed by atoms with Gasteiger partial charge in [0.2, 0.25) is 0 Å². The molecule has 0 atom stereocenters. The van der Waals surface area contributed by atoms with E-state index in [-0.39, 0.29) is 0 Å². The van der Waals surface area contributed by atoms with Gasteiger partial charge in [0.1, 0.15) is 0 Å². The number of rotatable bonds is 4. The predicted molar refractivity (Wildman–Crippen MR) is 67.8 cm³/mol. The lowest BCUT2D eigenvalue weighted by Gasteiger charge is -2.12. The molecule has 0 saturated heterocycles. The van der Waals surface area contributed by atoms with Gasteiger partial charge in [0.05, 0.1) is 23.2 Å². The fourth-order valence-electron chi connectivity index (χ4n) is 1.60. The molecule has 0 fully saturated rings. The van der Waals surface area contributed by atoms with Crippen molar-refractivity contribution in [1.82, 2.24) is 4.98 Å². The minimum absolute atomic E-state index is 0.309. The fourth-order valence-corrected chi connectivity index (χ4v) is 2.13. The molecule has 2 aromatic rings. The van der Waals surface area contributed by atoms with Crippen LogP contribution in [0.1, 0.15) is 20.8 Å². The normalized spacial score (nSPS) is 11.3. The summed E-state index contributed by atoms with van der Waals surface area (Å²) in [6.45, 7) is 0.370. The predicted octanol–water partition coefficient (Wildman–Crippen LogP) is 3.47. The number of thiazole rings is 1. The molecule has 0 spiro atoms. The summed E-state index contributed by atoms with van der Waals surface area (Å²) in [7, 11) is 0. The first-order valence-corrected chi connectivity index (χ1v) is 6.31. The highest BCUT2D eigenvalue weighted by Crippen LogP contribution is 2.33. The molecule has 2 rings (SSSR count). The number of halogens is 3. The van der Waals surface area contributed by atoms with Gasteiger partial charge >= 0.3 is 12.1 Å². The number of anilines is 1. The zero-order valence-electron chi connectivity index (χ0n) is 9.94. The molecule has 1 heterocycles. The van der Waals surface area contributed by atoms with Crippen LogP contribution in [0.5, 0.6) is 0 Å². The molecule has 0 saturated carbocycles. The highest BCUT2D eigenvalue weighted by molar-refractivity contribution is 7.09. The maximum absolute atomic E-state index is 12.7. The molecule has 1 aromatic heterocycles. The lowest BCUT2D eigenvalue weighted by atomic mass is 10.1. The summed E-state index contributed by atoms with van der Waals surface area (Å²) in [6.07, 6.45) is -3.07. The molecule has 1 aromatic carbocycles. The topological polar surface area (TPSA) is 62.2 Å². The Hall–Kier alpha value is -2.09. The Morgan fingerprint density at radius 2 is 2.15 bits per heavy atom. The van der Waals surface area contributed by atoms with Crippen LogP contribution < -0.4 is 5.32 Å². The quantitative estimate of drug-likeness (QED) is 0.907. The molecule has 0 radical (unpaired) electrons. The maximum Gasteiger partial charge on any atom is 0.417 e. The van der Waals surface area contributed by atoms with E-state index in [2.05, 4.69) is 10.3 Å². The van der Waals surface area contributed by atoms with Gasteiger partial charge in [-0.05, 0) is 18.2 Å². The summed E-state index contributed by atoms with van der Waals surface area (Å²) >= 11 is 1.39. The number of hydrogen-bond donors (Lipinski definition) is 2. The fraction of sp³-hybridized carbons (Fsp3) is 0.167. The van der Waals surface area contributed by atoms with E-state index in [1.807, 2.05) is 0 Å². The molecular formula is C12H9F3N2O2S. The Morgan fingerprint density at radius 3 is 2.70 bits per heavy atom. The molecule has 0 unspecified atom stereocenters. The summed E-state index contributed by atoms with van der Waals surface area (Å²) in [5.74, 6) is -1.61. The first kappa shape index (κ1) is 14.3. The summed E-state index contributed by atoms with van der Waals surface area (Å²) in [5.41, 5.74) is 0.0100. The van der Waals surface area contributed by atoms with E-state index in [4.69, 9.17) is 5.11 Å². The Morgan fingerprint density at radius 1 is 1.40 bits per heavy atom. The maximum atomic E-state index is 12.7. The molecule has 0 aliphatic carbocycles. The van der Waals surface area contributed by atoms with Crippen molar-refractivity contribution < 1.29 is 23.1 Å². The molecule has 20 heavy (non-hydrogen) atoms. The van der Waals surface area contributed by atoms with E-state index >= 15 is 0 Å². The molecular weight excluding hydrogens is 293 g/mol. The largest absolute Gasteiger partial charge is 0.478 e. The summed E-state index contributed by atoms with van der Waals surface area (Å²) in [5, 5.41) is 11.7. The minimum Gasteiger partial charge on any atom is -0.478 e. The van der Waals surface area contributed by atoms with Crippen LogP contribution >= 0.6 is 11.3 Å². The number of carboxylic acids is 1. The molecule has 0 bridgehead atoms. The number of aromatic nitrogens is 1. The van der Waals surface area contributed by atoms with Crippen LogP contribution in [0.3, 0.4) is 0 Å². The Labute approximate surface area is 115 Å². The van der Waals surface area contributed by atoms with Crippen LogP contribution in [-0.4, -0.2) is 16.1 Å². The number of nitrogens with zero attached hydrogens (tertiary/aromatic N) is 1. The Kier molecular flexibility index (Phi) is 3.93. The highest BCUT2D eigenvalue weighted by atomic mass is 32.1. The molecule has 8 heteroatoms. The number of carboxylic acid groups (broad SMARTS) is 1. The van der Waals surface area contributed by atoms with Crippen LogP contribution in [0.25, 0.3) is 0 Å². The smallest absolute Gasteiger partial charge is 0.417 e. The van der Waals surface area contributed by atoms with Gasteiger partial charge in [0.25, 0.3) is 0 Å². The first-order valence-electron chi connectivity index (χ1n) is 5.43. The average molecular weight is 302 g/mol. The summed E-state index contributed by atoms with van der Waals surface area (Å²) < 4.78 is 38.0. The van der Waals surface area contributed by atoms with Gasteiger partial charge in [-0.25, -0.2) is 4.79 Å². The van der Waals surface area contributed by atoms with Crippen molar-refractivity contribution >= 4 is 23.0 Å². The van der Waals surface area contributed by atoms with Crippen LogP contribution in [0, 0.1) is 0 Å². The second-order valence-electron chi connectivity index (χ2n) is 3.88. The van der Waals surface area contributed by atoms with Crippen molar-refractivity contribution in [3.8, 4) is 0 Å². The van der Waals surface area contributed by atoms with Crippen LogP contribution in [0.2, 0.25) is 0 Å². The number of aromatic carboxylic acids is 1. The number of benzene rings is 1. The third-order valence-corrected chi connectivity index (χ3v) is 3.29. The number of alkyl halides is 3. The van der Waals surface area contributed by atoms with Crippen molar-refractivity contribution in [2.24, 2.45) is 0 Å². The van der Waals surface area contributed by atoms with Gasteiger partial charge in [-0.3, -0.25) is 4.98 Å². The van der Waals surface area contributed by atoms with E-state index in [1.54, 1.807) is 11.7 Å². The van der Waals surface area contributed by atoms with Crippen molar-refractivity contribution in [3.63, 3.8) is 0 Å². The Bertz CT molecular complexity index is 612. The third kappa shape index (κ3) is 3.27. The average Bonchev–Trinajstić information content (AvgIpc) is 2.88. The first-order chi connectivity index (χ1) is 9.38. The van der Waals surface area contributed by atoms with Gasteiger partial charge in [-0.15, -0.1) is 11.3 Å². The van der Waals surface area contributed by atoms with Gasteiger partial charge in [0, 0.05) is 16.8 Å². The molecule has 2 N–H and O–H groups in total.